The van der Waals surface area contributed by atoms with Crippen molar-refractivity contribution in [3.05, 3.63) is 165 Å². The van der Waals surface area contributed by atoms with Crippen LogP contribution in [0.15, 0.2) is 61.7 Å². The van der Waals surface area contributed by atoms with Gasteiger partial charge in [0.05, 0.1) is 63.7 Å². The highest BCUT2D eigenvalue weighted by Gasteiger charge is 2.48. The Kier molecular flexibility index (Phi) is 16.0. The summed E-state index contributed by atoms with van der Waals surface area (Å²) in [6.45, 7) is 7.74. The van der Waals surface area contributed by atoms with Crippen LogP contribution in [0.1, 0.15) is 22.3 Å². The Hall–Kier alpha value is -9.17. The van der Waals surface area contributed by atoms with E-state index in [1.165, 1.54) is 0 Å². The van der Waals surface area contributed by atoms with Crippen LogP contribution in [0, 0.1) is 94.8 Å². The van der Waals surface area contributed by atoms with E-state index in [2.05, 4.69) is 13.2 Å². The minimum Gasteiger partial charge on any atom is -0.502 e. The summed E-state index contributed by atoms with van der Waals surface area (Å²) in [5.41, 5.74) is -16.0. The molecule has 0 aliphatic rings. The van der Waals surface area contributed by atoms with E-state index >= 15 is 0 Å². The topological polar surface area (TPSA) is 410 Å². The number of phosphoric ester groups is 1. The van der Waals surface area contributed by atoms with E-state index in [1.807, 2.05) is 0 Å². The molecule has 0 fully saturated rings. The molecule has 0 saturated carbocycles. The first-order chi connectivity index (χ1) is 30.2. The quantitative estimate of drug-likeness (QED) is 0.0404. The number of benzene rings is 4. The number of halogens is 6. The van der Waals surface area contributed by atoms with Gasteiger partial charge in [-0.3, -0.25) is 80.9 Å². The van der Waals surface area contributed by atoms with Crippen molar-refractivity contribution >= 4 is 53.3 Å². The number of rotatable bonds is 14. The van der Waals surface area contributed by atoms with Crippen LogP contribution in [0.25, 0.3) is 0 Å². The molecular weight excluding hydrogens is 953 g/mol. The molecule has 1 N–H and O–H groups in total. The third kappa shape index (κ3) is 12.3. The molecular formula is C30H19F6N8O21P. The molecule has 0 unspecified atom stereocenters. The number of nitrogens with zero attached hydrogens (tertiary/aromatic N) is 8. The zero-order valence-corrected chi connectivity index (χ0v) is 32.8. The standard InChI is InChI=1S/C21H12F3N6O16P.C7H3F3N2O5.C2H4/c1-9-3-11(25(31)32)6-15(28(37)38)18(9)44-47(43,45-19-10(2)4-12(26(33)34)7-16(19)29(39)40)46-20-14(21(22,23)24)5-13(27(35)36)8-17(20)30(41)42;8-7(9,10)4-1-3(11(14)15)2-5(6(4)13)12(16)17;1-2/h3-8H,1-2H3;1-2,13H;1-2H2. The van der Waals surface area contributed by atoms with E-state index in [9.17, 15) is 112 Å². The molecule has 0 radical (unpaired) electrons. The van der Waals surface area contributed by atoms with Crippen LogP contribution >= 0.6 is 7.82 Å². The zero-order chi connectivity index (χ0) is 51.1. The lowest BCUT2D eigenvalue weighted by molar-refractivity contribution is -0.395. The van der Waals surface area contributed by atoms with Crippen molar-refractivity contribution in [1.29, 1.82) is 0 Å². The minimum atomic E-state index is -6.27. The summed E-state index contributed by atoms with van der Waals surface area (Å²) in [4.78, 5) is 79.0. The number of non-ortho nitro benzene ring substituents is 4. The molecule has 4 aromatic rings. The van der Waals surface area contributed by atoms with E-state index in [4.69, 9.17) is 18.7 Å². The fourth-order valence-electron chi connectivity index (χ4n) is 4.80. The number of phenolic OH excluding ortho intramolecular Hbond substituents is 1. The molecule has 66 heavy (non-hydrogen) atoms. The number of phenols is 1. The average Bonchev–Trinajstić information content (AvgIpc) is 3.18. The number of phosphoric acid groups is 1. The van der Waals surface area contributed by atoms with Crippen molar-refractivity contribution in [2.24, 2.45) is 0 Å². The fourth-order valence-corrected chi connectivity index (χ4v) is 6.24. The van der Waals surface area contributed by atoms with E-state index in [0.29, 0.717) is 12.1 Å². The van der Waals surface area contributed by atoms with Crippen LogP contribution in [0.4, 0.5) is 71.8 Å². The molecule has 0 aliphatic carbocycles. The van der Waals surface area contributed by atoms with Gasteiger partial charge in [-0.2, -0.15) is 30.9 Å². The van der Waals surface area contributed by atoms with Crippen molar-refractivity contribution in [3.63, 3.8) is 0 Å². The van der Waals surface area contributed by atoms with Crippen LogP contribution in [0.2, 0.25) is 0 Å². The molecule has 29 nitrogen and oxygen atoms in total. The summed E-state index contributed by atoms with van der Waals surface area (Å²) in [7, 11) is -6.27. The normalized spacial score (nSPS) is 11.0. The van der Waals surface area contributed by atoms with E-state index in [1.54, 1.807) is 0 Å². The maximum atomic E-state index is 14.2. The highest BCUT2D eigenvalue weighted by atomic mass is 31.2. The van der Waals surface area contributed by atoms with Crippen molar-refractivity contribution in [3.8, 4) is 23.0 Å². The van der Waals surface area contributed by atoms with E-state index in [0.717, 1.165) is 13.8 Å². The Balaban J connectivity index is 0.000000657. The van der Waals surface area contributed by atoms with Gasteiger partial charge in [0.25, 0.3) is 22.7 Å². The number of hydrogen-bond acceptors (Lipinski definition) is 21. The van der Waals surface area contributed by atoms with Gasteiger partial charge >= 0.3 is 42.9 Å². The van der Waals surface area contributed by atoms with Gasteiger partial charge in [-0.15, -0.1) is 13.2 Å². The maximum Gasteiger partial charge on any atom is 0.647 e. The first-order valence-corrected chi connectivity index (χ1v) is 17.5. The predicted molar refractivity (Wildman–Crippen MR) is 201 cm³/mol. The molecule has 0 aliphatic heterocycles. The summed E-state index contributed by atoms with van der Waals surface area (Å²) in [6, 6.07) is 1.58. The lowest BCUT2D eigenvalue weighted by atomic mass is 10.1. The van der Waals surface area contributed by atoms with Crippen LogP contribution in [-0.2, 0) is 16.9 Å². The number of aromatic hydroxyl groups is 1. The zero-order valence-electron chi connectivity index (χ0n) is 31.9. The number of alkyl halides is 6. The van der Waals surface area contributed by atoms with Crippen molar-refractivity contribution in [1.82, 2.24) is 0 Å². The molecule has 0 heterocycles. The molecule has 0 bridgehead atoms. The Morgan fingerprint density at radius 2 is 0.712 bits per heavy atom. The number of aryl methyl sites for hydroxylation is 2. The second-order valence-electron chi connectivity index (χ2n) is 11.7. The number of nitro groups is 8. The van der Waals surface area contributed by atoms with Crippen LogP contribution in [0.3, 0.4) is 0 Å². The first-order valence-electron chi connectivity index (χ1n) is 16.0. The van der Waals surface area contributed by atoms with Gasteiger partial charge in [0.15, 0.2) is 0 Å². The van der Waals surface area contributed by atoms with Crippen LogP contribution in [0.5, 0.6) is 23.0 Å². The maximum absolute atomic E-state index is 14.2. The summed E-state index contributed by atoms with van der Waals surface area (Å²) in [5.74, 6) is -6.29. The largest absolute Gasteiger partial charge is 0.647 e. The van der Waals surface area contributed by atoms with Gasteiger partial charge < -0.3 is 18.7 Å². The molecule has 0 amide bonds. The molecule has 0 aromatic heterocycles. The Morgan fingerprint density at radius 3 is 1.00 bits per heavy atom. The summed E-state index contributed by atoms with van der Waals surface area (Å²) >= 11 is 0. The summed E-state index contributed by atoms with van der Waals surface area (Å²) in [5, 5.41) is 98.6. The second kappa shape index (κ2) is 19.9. The van der Waals surface area contributed by atoms with Gasteiger partial charge in [0.2, 0.25) is 23.0 Å². The second-order valence-corrected chi connectivity index (χ2v) is 13.1. The van der Waals surface area contributed by atoms with Gasteiger partial charge in [-0.1, -0.05) is 0 Å². The minimum absolute atomic E-state index is 0.0301. The Bertz CT molecular complexity index is 2680. The lowest BCUT2D eigenvalue weighted by Gasteiger charge is -2.22. The number of nitro benzene ring substituents is 8. The fraction of sp³-hybridized carbons (Fsp3) is 0.133. The van der Waals surface area contributed by atoms with Crippen LogP contribution < -0.4 is 13.6 Å². The molecule has 0 saturated heterocycles. The van der Waals surface area contributed by atoms with E-state index < -0.39 is 150 Å². The Labute approximate surface area is 356 Å². The molecule has 36 heteroatoms. The van der Waals surface area contributed by atoms with Gasteiger partial charge in [0.1, 0.15) is 11.1 Å². The van der Waals surface area contributed by atoms with Gasteiger partial charge in [-0.05, 0) is 13.8 Å². The van der Waals surface area contributed by atoms with Crippen molar-refractivity contribution in [2.45, 2.75) is 26.2 Å². The predicted octanol–water partition coefficient (Wildman–Crippen LogP) is 9.45. The molecule has 4 aromatic carbocycles. The van der Waals surface area contributed by atoms with Gasteiger partial charge in [0, 0.05) is 35.4 Å². The molecule has 352 valence electrons. The average molecular weight is 972 g/mol. The monoisotopic (exact) mass is 972 g/mol. The van der Waals surface area contributed by atoms with Gasteiger partial charge in [-0.25, -0.2) is 0 Å². The molecule has 0 spiro atoms. The van der Waals surface area contributed by atoms with Crippen molar-refractivity contribution < 1.29 is 89.0 Å². The summed E-state index contributed by atoms with van der Waals surface area (Å²) in [6.07, 6.45) is -10.9. The number of hydrogen-bond donors (Lipinski definition) is 1. The smallest absolute Gasteiger partial charge is 0.502 e. The third-order valence-electron chi connectivity index (χ3n) is 7.46. The summed E-state index contributed by atoms with van der Waals surface area (Å²) < 4.78 is 108. The Morgan fingerprint density at radius 1 is 0.455 bits per heavy atom. The highest BCUT2D eigenvalue weighted by Crippen LogP contribution is 2.58. The first kappa shape index (κ1) is 53.0. The van der Waals surface area contributed by atoms with Crippen molar-refractivity contribution in [2.75, 3.05) is 0 Å². The third-order valence-corrected chi connectivity index (χ3v) is 8.68. The lowest BCUT2D eigenvalue weighted by Crippen LogP contribution is -2.15. The SMILES string of the molecule is C=C.Cc1cc([N+](=O)[O-])cc([N+](=O)[O-])c1OP(=O)(Oc1c(C)cc([N+](=O)[O-])cc1[N+](=O)[O-])Oc1c([N+](=O)[O-])cc([N+](=O)[O-])cc1C(F)(F)F.O=[N+]([O-])c1cc([N+](=O)[O-])c(O)c(C(F)(F)F)c1. The molecule has 4 rings (SSSR count). The molecule has 0 atom stereocenters. The van der Waals surface area contributed by atoms with E-state index in [-0.39, 0.29) is 36.4 Å². The van der Waals surface area contributed by atoms with Crippen LogP contribution in [-0.4, -0.2) is 44.5 Å². The highest BCUT2D eigenvalue weighted by molar-refractivity contribution is 7.49.